The van der Waals surface area contributed by atoms with Gasteiger partial charge < -0.3 is 30.5 Å². The van der Waals surface area contributed by atoms with Gasteiger partial charge in [0.1, 0.15) is 24.3 Å². The second-order valence-electron chi connectivity index (χ2n) is 13.3. The second-order valence-corrected chi connectivity index (χ2v) is 15.3. The summed E-state index contributed by atoms with van der Waals surface area (Å²) >= 11 is 0. The van der Waals surface area contributed by atoms with Crippen LogP contribution in [-0.4, -0.2) is 76.7 Å². The van der Waals surface area contributed by atoms with Crippen molar-refractivity contribution in [2.75, 3.05) is 31.3 Å². The lowest BCUT2D eigenvalue weighted by Gasteiger charge is -2.30. The molecule has 0 aromatic heterocycles. The van der Waals surface area contributed by atoms with E-state index < -0.39 is 51.9 Å². The van der Waals surface area contributed by atoms with Gasteiger partial charge in [0, 0.05) is 44.4 Å². The Bertz CT molecular complexity index is 1850. The van der Waals surface area contributed by atoms with Crippen molar-refractivity contribution in [1.82, 2.24) is 16.0 Å². The molecule has 4 bridgehead atoms. The Balaban J connectivity index is 1.58. The zero-order valence-electron chi connectivity index (χ0n) is 30.3. The maximum atomic E-state index is 14.6. The van der Waals surface area contributed by atoms with E-state index in [1.807, 2.05) is 56.3 Å². The van der Waals surface area contributed by atoms with Crippen molar-refractivity contribution < 1.29 is 37.0 Å². The molecular formula is C39H49FN4O7S. The number of hydrogen-bond acceptors (Lipinski definition) is 8. The Morgan fingerprint density at radius 1 is 1.10 bits per heavy atom. The van der Waals surface area contributed by atoms with Crippen molar-refractivity contribution in [3.8, 4) is 5.75 Å². The number of nitrogens with one attached hydrogen (secondary N) is 3. The number of halogens is 1. The molecule has 11 nitrogen and oxygen atoms in total. The van der Waals surface area contributed by atoms with Crippen LogP contribution in [0, 0.1) is 11.7 Å². The van der Waals surface area contributed by atoms with Crippen LogP contribution in [-0.2, 0) is 38.9 Å². The molecule has 4 atom stereocenters. The van der Waals surface area contributed by atoms with Gasteiger partial charge in [-0.15, -0.1) is 0 Å². The number of allylic oxidation sites excluding steroid dienone is 2. The fraction of sp³-hybridized carbons (Fsp3) is 0.385. The Labute approximate surface area is 306 Å². The lowest BCUT2D eigenvalue weighted by molar-refractivity contribution is -0.134. The van der Waals surface area contributed by atoms with Gasteiger partial charge in [-0.1, -0.05) is 62.9 Å². The molecule has 0 radical (unpaired) electrons. The number of methoxy groups -OCH3 is 1. The Morgan fingerprint density at radius 2 is 1.77 bits per heavy atom. The Morgan fingerprint density at radius 3 is 2.40 bits per heavy atom. The van der Waals surface area contributed by atoms with Crippen LogP contribution in [0.4, 0.5) is 10.1 Å². The third kappa shape index (κ3) is 11.4. The van der Waals surface area contributed by atoms with E-state index in [-0.39, 0.29) is 35.9 Å². The smallest absolute Gasteiger partial charge is 0.251 e. The summed E-state index contributed by atoms with van der Waals surface area (Å²) in [4.78, 5) is 27.4. The minimum Gasteiger partial charge on any atom is -0.491 e. The van der Waals surface area contributed by atoms with Crippen molar-refractivity contribution in [1.29, 1.82) is 0 Å². The summed E-state index contributed by atoms with van der Waals surface area (Å²) in [6.45, 7) is 8.28. The molecule has 52 heavy (non-hydrogen) atoms. The summed E-state index contributed by atoms with van der Waals surface area (Å²) in [5.41, 5.74) is 3.39. The predicted molar refractivity (Wildman–Crippen MR) is 200 cm³/mol. The Kier molecular flexibility index (Phi) is 14.0. The average molecular weight is 737 g/mol. The summed E-state index contributed by atoms with van der Waals surface area (Å²) in [7, 11) is -0.906. The summed E-state index contributed by atoms with van der Waals surface area (Å²) in [6, 6.07) is 17.2. The van der Waals surface area contributed by atoms with E-state index in [0.29, 0.717) is 36.2 Å². The molecular weight excluding hydrogens is 688 g/mol. The first kappa shape index (κ1) is 40.1. The van der Waals surface area contributed by atoms with Gasteiger partial charge in [0.25, 0.3) is 5.91 Å². The first-order valence-corrected chi connectivity index (χ1v) is 18.9. The zero-order valence-corrected chi connectivity index (χ0v) is 31.1. The van der Waals surface area contributed by atoms with Gasteiger partial charge in [-0.3, -0.25) is 13.9 Å². The lowest BCUT2D eigenvalue weighted by Crippen LogP contribution is -2.52. The minimum atomic E-state index is -3.65. The summed E-state index contributed by atoms with van der Waals surface area (Å²) in [5, 5.41) is 20.6. The third-order valence-corrected chi connectivity index (χ3v) is 10.1. The molecule has 280 valence electrons. The largest absolute Gasteiger partial charge is 0.491 e. The molecule has 1 heterocycles. The number of anilines is 1. The van der Waals surface area contributed by atoms with E-state index in [1.54, 1.807) is 18.2 Å². The van der Waals surface area contributed by atoms with Crippen LogP contribution < -0.4 is 25.0 Å². The van der Waals surface area contributed by atoms with Crippen molar-refractivity contribution >= 4 is 27.5 Å². The molecule has 4 N–H and O–H groups in total. The van der Waals surface area contributed by atoms with Crippen LogP contribution in [0.15, 0.2) is 91.2 Å². The van der Waals surface area contributed by atoms with Crippen molar-refractivity contribution in [3.05, 3.63) is 119 Å². The number of benzene rings is 3. The van der Waals surface area contributed by atoms with Crippen LogP contribution in [0.5, 0.6) is 5.75 Å². The van der Waals surface area contributed by atoms with Crippen LogP contribution >= 0.6 is 0 Å². The first-order valence-electron chi connectivity index (χ1n) is 17.1. The van der Waals surface area contributed by atoms with E-state index in [4.69, 9.17) is 9.47 Å². The fourth-order valence-electron chi connectivity index (χ4n) is 5.76. The van der Waals surface area contributed by atoms with E-state index in [9.17, 15) is 27.5 Å². The summed E-state index contributed by atoms with van der Waals surface area (Å²) < 4.78 is 51.9. The number of rotatable bonds is 13. The zero-order chi connectivity index (χ0) is 38.0. The first-order chi connectivity index (χ1) is 24.6. The SMILES string of the molecule is C=C(NCc1ccccc1)[C@@H](NC(=O)[C@@H](C[C@H](O)[C@@H]1COc2cc(F)cc(c2)C/C=C/Cc2cc(cc(N(C)S(C)(=O)=O)c2)C(=O)N1)OC)C(C)C. The lowest BCUT2D eigenvalue weighted by atomic mass is 9.99. The summed E-state index contributed by atoms with van der Waals surface area (Å²) in [5.74, 6) is -1.45. The maximum absolute atomic E-state index is 14.6. The van der Waals surface area contributed by atoms with Crippen LogP contribution in [0.3, 0.4) is 0 Å². The number of aliphatic hydroxyl groups excluding tert-OH is 1. The van der Waals surface area contributed by atoms with Gasteiger partial charge in [-0.2, -0.15) is 0 Å². The van der Waals surface area contributed by atoms with Crippen molar-refractivity contribution in [2.24, 2.45) is 5.92 Å². The topological polar surface area (TPSA) is 146 Å². The number of amides is 2. The van der Waals surface area contributed by atoms with E-state index in [0.717, 1.165) is 16.1 Å². The second kappa shape index (κ2) is 18.2. The number of sulfonamides is 1. The van der Waals surface area contributed by atoms with Gasteiger partial charge in [-0.05, 0) is 65.8 Å². The van der Waals surface area contributed by atoms with Gasteiger partial charge in [0.05, 0.1) is 30.1 Å². The predicted octanol–water partition coefficient (Wildman–Crippen LogP) is 4.26. The van der Waals surface area contributed by atoms with E-state index >= 15 is 0 Å². The van der Waals surface area contributed by atoms with Crippen LogP contribution in [0.2, 0.25) is 0 Å². The van der Waals surface area contributed by atoms with Gasteiger partial charge >= 0.3 is 0 Å². The number of carbonyl (C=O) groups excluding carboxylic acids is 2. The Hall–Kier alpha value is -4.72. The third-order valence-electron chi connectivity index (χ3n) is 8.85. The summed E-state index contributed by atoms with van der Waals surface area (Å²) in [6.07, 6.45) is 2.80. The number of ether oxygens (including phenoxy) is 2. The normalized spacial score (nSPS) is 17.3. The van der Waals surface area contributed by atoms with Gasteiger partial charge in [-0.25, -0.2) is 12.8 Å². The quantitative estimate of drug-likeness (QED) is 0.191. The van der Waals surface area contributed by atoms with Gasteiger partial charge in [0.15, 0.2) is 0 Å². The number of aliphatic hydroxyl groups is 1. The van der Waals surface area contributed by atoms with Crippen molar-refractivity contribution in [3.63, 3.8) is 0 Å². The molecule has 0 aliphatic carbocycles. The molecule has 1 aliphatic heterocycles. The molecule has 0 spiro atoms. The highest BCUT2D eigenvalue weighted by molar-refractivity contribution is 7.92. The van der Waals surface area contributed by atoms with Crippen LogP contribution in [0.1, 0.15) is 47.3 Å². The van der Waals surface area contributed by atoms with Crippen molar-refractivity contribution in [2.45, 2.75) is 63.9 Å². The number of carbonyl (C=O) groups is 2. The number of nitrogens with zero attached hydrogens (tertiary/aromatic N) is 1. The molecule has 3 aromatic rings. The number of hydrogen-bond donors (Lipinski definition) is 4. The molecule has 0 fully saturated rings. The standard InChI is InChI=1S/C39H49FN4O7S/c1-25(2)37(26(3)41-23-27-12-8-7-9-13-27)43-39(47)36(50-5)22-35(45)34-24-51-33-19-29(17-31(40)21-33)15-11-10-14-28-16-30(38(46)42-34)20-32(18-28)44(4)52(6,48)49/h7-13,16-21,25,34-37,41,45H,3,14-15,22-24H2,1-2,4-6H3,(H,42,46)(H,43,47)/b11-10+/t34-,35-,36+,37-/m0/s1. The molecule has 1 aliphatic rings. The fourth-order valence-corrected chi connectivity index (χ4v) is 6.25. The highest BCUT2D eigenvalue weighted by Crippen LogP contribution is 2.23. The average Bonchev–Trinajstić information content (AvgIpc) is 3.10. The molecule has 0 unspecified atom stereocenters. The van der Waals surface area contributed by atoms with E-state index in [1.165, 1.54) is 32.4 Å². The molecule has 3 aromatic carbocycles. The van der Waals surface area contributed by atoms with Gasteiger partial charge in [0.2, 0.25) is 15.9 Å². The molecule has 13 heteroatoms. The molecule has 0 saturated heterocycles. The molecule has 4 rings (SSSR count). The van der Waals surface area contributed by atoms with Crippen LogP contribution in [0.25, 0.3) is 0 Å². The molecule has 0 saturated carbocycles. The highest BCUT2D eigenvalue weighted by Gasteiger charge is 2.31. The monoisotopic (exact) mass is 736 g/mol. The minimum absolute atomic E-state index is 0.0348. The van der Waals surface area contributed by atoms with E-state index in [2.05, 4.69) is 22.5 Å². The highest BCUT2D eigenvalue weighted by atomic mass is 32.2. The number of fused-ring (bicyclic) bond motifs is 4. The maximum Gasteiger partial charge on any atom is 0.251 e. The molecule has 2 amide bonds.